The van der Waals surface area contributed by atoms with E-state index in [1.54, 1.807) is 46.6 Å². The minimum Gasteiger partial charge on any atom is -0.484 e. The van der Waals surface area contributed by atoms with Gasteiger partial charge in [0, 0.05) is 11.4 Å². The van der Waals surface area contributed by atoms with Gasteiger partial charge in [0.05, 0.1) is 17.3 Å². The molecule has 1 aromatic heterocycles. The van der Waals surface area contributed by atoms with Gasteiger partial charge in [0.15, 0.2) is 11.7 Å². The summed E-state index contributed by atoms with van der Waals surface area (Å²) in [7, 11) is 0. The molecule has 0 atom stereocenters. The summed E-state index contributed by atoms with van der Waals surface area (Å²) in [5.74, 6) is 0.402. The van der Waals surface area contributed by atoms with Gasteiger partial charge < -0.3 is 4.74 Å². The quantitative estimate of drug-likeness (QED) is 0.746. The second-order valence-electron chi connectivity index (χ2n) is 5.79. The molecule has 0 saturated carbocycles. The van der Waals surface area contributed by atoms with Gasteiger partial charge in [0.1, 0.15) is 5.75 Å². The van der Waals surface area contributed by atoms with Crippen molar-refractivity contribution in [3.63, 3.8) is 0 Å². The lowest BCUT2D eigenvalue weighted by molar-refractivity contribution is -0.120. The minimum absolute atomic E-state index is 0.0794. The maximum atomic E-state index is 12.6. The summed E-state index contributed by atoms with van der Waals surface area (Å²) in [6.45, 7) is 4.06. The molecule has 128 valence electrons. The average molecular weight is 353 g/mol. The zero-order valence-electron chi connectivity index (χ0n) is 13.9. The topological polar surface area (TPSA) is 66.2 Å². The molecule has 1 amide bonds. The van der Waals surface area contributed by atoms with E-state index in [0.29, 0.717) is 17.9 Å². The lowest BCUT2D eigenvalue weighted by Crippen LogP contribution is -2.35. The number of benzene rings is 1. The molecule has 0 bridgehead atoms. The predicted octanol–water partition coefficient (Wildman–Crippen LogP) is 3.49. The van der Waals surface area contributed by atoms with Gasteiger partial charge in [0.25, 0.3) is 5.91 Å². The monoisotopic (exact) mass is 353 g/mol. The highest BCUT2D eigenvalue weighted by Crippen LogP contribution is 2.31. The SMILES string of the molecule is C=CCN(C(=O)COc1ccc(C#N)cc1)c1nc2c(s1)CCCC2. The number of hydrogen-bond acceptors (Lipinski definition) is 5. The predicted molar refractivity (Wildman–Crippen MR) is 98.0 cm³/mol. The fraction of sp³-hybridized carbons (Fsp3) is 0.316. The van der Waals surface area contributed by atoms with Gasteiger partial charge in [-0.1, -0.05) is 6.08 Å². The van der Waals surface area contributed by atoms with Gasteiger partial charge in [-0.3, -0.25) is 9.69 Å². The number of carbonyl (C=O) groups is 1. The van der Waals surface area contributed by atoms with Gasteiger partial charge in [-0.25, -0.2) is 4.98 Å². The Bertz CT molecular complexity index is 782. The molecule has 0 saturated heterocycles. The number of nitrogens with zero attached hydrogens (tertiary/aromatic N) is 3. The Morgan fingerprint density at radius 1 is 1.36 bits per heavy atom. The molecule has 1 aromatic carbocycles. The van der Waals surface area contributed by atoms with Crippen LogP contribution in [0.5, 0.6) is 5.75 Å². The van der Waals surface area contributed by atoms with Crippen molar-refractivity contribution >= 4 is 22.4 Å². The van der Waals surface area contributed by atoms with Gasteiger partial charge in [-0.15, -0.1) is 17.9 Å². The molecule has 0 N–H and O–H groups in total. The molecule has 25 heavy (non-hydrogen) atoms. The maximum absolute atomic E-state index is 12.6. The van der Waals surface area contributed by atoms with E-state index in [0.717, 1.165) is 30.1 Å². The maximum Gasteiger partial charge on any atom is 0.266 e. The first-order chi connectivity index (χ1) is 12.2. The van der Waals surface area contributed by atoms with Crippen LogP contribution in [0.25, 0.3) is 0 Å². The molecule has 3 rings (SSSR count). The first-order valence-corrected chi connectivity index (χ1v) is 9.05. The molecule has 0 spiro atoms. The average Bonchev–Trinajstić information content (AvgIpc) is 3.08. The van der Waals surface area contributed by atoms with Gasteiger partial charge >= 0.3 is 0 Å². The highest BCUT2D eigenvalue weighted by Gasteiger charge is 2.22. The molecule has 1 aliphatic rings. The molecule has 0 unspecified atom stereocenters. The molecule has 2 aromatic rings. The summed E-state index contributed by atoms with van der Waals surface area (Å²) in [4.78, 5) is 20.2. The van der Waals surface area contributed by atoms with Crippen molar-refractivity contribution in [3.8, 4) is 11.8 Å². The second-order valence-corrected chi connectivity index (χ2v) is 6.85. The fourth-order valence-electron chi connectivity index (χ4n) is 2.72. The van der Waals surface area contributed by atoms with E-state index >= 15 is 0 Å². The van der Waals surface area contributed by atoms with Crippen LogP contribution in [0.2, 0.25) is 0 Å². The smallest absolute Gasteiger partial charge is 0.266 e. The van der Waals surface area contributed by atoms with Gasteiger partial charge in [-0.2, -0.15) is 5.26 Å². The number of amides is 1. The van der Waals surface area contributed by atoms with Crippen LogP contribution in [0.1, 0.15) is 29.0 Å². The number of aromatic nitrogens is 1. The van der Waals surface area contributed by atoms with Crippen LogP contribution in [-0.4, -0.2) is 24.0 Å². The standard InChI is InChI=1S/C19H19N3O2S/c1-2-11-22(19-21-16-5-3-4-6-17(16)25-19)18(23)13-24-15-9-7-14(12-20)8-10-15/h2,7-10H,1,3-6,11,13H2. The normalized spacial score (nSPS) is 12.8. The van der Waals surface area contributed by atoms with Crippen LogP contribution in [-0.2, 0) is 17.6 Å². The molecule has 1 aliphatic carbocycles. The van der Waals surface area contributed by atoms with E-state index < -0.39 is 0 Å². The molecule has 1 heterocycles. The highest BCUT2D eigenvalue weighted by atomic mass is 32.1. The number of anilines is 1. The van der Waals surface area contributed by atoms with E-state index in [1.807, 2.05) is 0 Å². The molecular formula is C19H19N3O2S. The van der Waals surface area contributed by atoms with Gasteiger partial charge in [-0.05, 0) is 49.9 Å². The number of fused-ring (bicyclic) bond motifs is 1. The van der Waals surface area contributed by atoms with Crippen molar-refractivity contribution in [2.45, 2.75) is 25.7 Å². The number of thiazole rings is 1. The molecule has 0 radical (unpaired) electrons. The summed E-state index contributed by atoms with van der Waals surface area (Å²) < 4.78 is 5.56. The Balaban J connectivity index is 1.69. The Morgan fingerprint density at radius 2 is 2.12 bits per heavy atom. The van der Waals surface area contributed by atoms with Crippen LogP contribution < -0.4 is 9.64 Å². The molecule has 0 fully saturated rings. The highest BCUT2D eigenvalue weighted by molar-refractivity contribution is 7.16. The zero-order valence-corrected chi connectivity index (χ0v) is 14.7. The molecular weight excluding hydrogens is 334 g/mol. The Morgan fingerprint density at radius 3 is 2.80 bits per heavy atom. The van der Waals surface area contributed by atoms with E-state index in [9.17, 15) is 4.79 Å². The van der Waals surface area contributed by atoms with Crippen LogP contribution >= 0.6 is 11.3 Å². The van der Waals surface area contributed by atoms with E-state index in [-0.39, 0.29) is 12.5 Å². The fourth-order valence-corrected chi connectivity index (χ4v) is 3.89. The van der Waals surface area contributed by atoms with Crippen molar-refractivity contribution in [2.24, 2.45) is 0 Å². The lowest BCUT2D eigenvalue weighted by atomic mass is 10.0. The Kier molecular flexibility index (Phi) is 5.46. The molecule has 6 heteroatoms. The number of nitriles is 1. The van der Waals surface area contributed by atoms with E-state index in [4.69, 9.17) is 10.00 Å². The Hall–Kier alpha value is -2.65. The summed E-state index contributed by atoms with van der Waals surface area (Å²) >= 11 is 1.59. The summed E-state index contributed by atoms with van der Waals surface area (Å²) in [5.41, 5.74) is 1.68. The van der Waals surface area contributed by atoms with Crippen molar-refractivity contribution in [1.29, 1.82) is 5.26 Å². The third-order valence-electron chi connectivity index (χ3n) is 4.02. The number of ether oxygens (including phenoxy) is 1. The number of carbonyl (C=O) groups excluding carboxylic acids is 1. The third kappa shape index (κ3) is 4.06. The van der Waals surface area contributed by atoms with Crippen LogP contribution in [0.15, 0.2) is 36.9 Å². The van der Waals surface area contributed by atoms with Gasteiger partial charge in [0.2, 0.25) is 0 Å². The molecule has 0 aliphatic heterocycles. The number of hydrogen-bond donors (Lipinski definition) is 0. The van der Waals surface area contributed by atoms with Crippen molar-refractivity contribution in [3.05, 3.63) is 53.1 Å². The summed E-state index contributed by atoms with van der Waals surface area (Å²) in [5, 5.41) is 9.53. The Labute approximate surface area is 151 Å². The summed E-state index contributed by atoms with van der Waals surface area (Å²) in [6.07, 6.45) is 6.08. The minimum atomic E-state index is -0.157. The summed E-state index contributed by atoms with van der Waals surface area (Å²) in [6, 6.07) is 8.75. The van der Waals surface area contributed by atoms with Crippen molar-refractivity contribution in [2.75, 3.05) is 18.1 Å². The van der Waals surface area contributed by atoms with Crippen LogP contribution in [0.4, 0.5) is 5.13 Å². The second kappa shape index (κ2) is 7.95. The lowest BCUT2D eigenvalue weighted by Gasteiger charge is -2.18. The number of aryl methyl sites for hydroxylation is 2. The third-order valence-corrected chi connectivity index (χ3v) is 5.20. The van der Waals surface area contributed by atoms with Crippen LogP contribution in [0, 0.1) is 11.3 Å². The number of rotatable bonds is 6. The molecule has 5 nitrogen and oxygen atoms in total. The van der Waals surface area contributed by atoms with E-state index in [1.165, 1.54) is 11.3 Å². The van der Waals surface area contributed by atoms with E-state index in [2.05, 4.69) is 17.6 Å². The largest absolute Gasteiger partial charge is 0.484 e. The first-order valence-electron chi connectivity index (χ1n) is 8.24. The first kappa shape index (κ1) is 17.2. The van der Waals surface area contributed by atoms with Crippen molar-refractivity contribution in [1.82, 2.24) is 4.98 Å². The zero-order chi connectivity index (χ0) is 17.6. The van der Waals surface area contributed by atoms with Crippen LogP contribution in [0.3, 0.4) is 0 Å². The van der Waals surface area contributed by atoms with Crippen molar-refractivity contribution < 1.29 is 9.53 Å².